The summed E-state index contributed by atoms with van der Waals surface area (Å²) < 4.78 is 13.1. The molecule has 2 heterocycles. The second kappa shape index (κ2) is 6.77. The van der Waals surface area contributed by atoms with Crippen molar-refractivity contribution in [2.24, 2.45) is 0 Å². The molecule has 0 aliphatic carbocycles. The van der Waals surface area contributed by atoms with Crippen LogP contribution < -0.4 is 5.32 Å². The molecule has 0 unspecified atom stereocenters. The minimum Gasteiger partial charge on any atom is -0.325 e. The van der Waals surface area contributed by atoms with Gasteiger partial charge in [-0.25, -0.2) is 4.39 Å². The van der Waals surface area contributed by atoms with Crippen molar-refractivity contribution in [3.63, 3.8) is 0 Å². The van der Waals surface area contributed by atoms with Gasteiger partial charge < -0.3 is 5.32 Å². The van der Waals surface area contributed by atoms with Crippen molar-refractivity contribution in [3.05, 3.63) is 51.4 Å². The highest BCUT2D eigenvalue weighted by Crippen LogP contribution is 2.34. The van der Waals surface area contributed by atoms with Crippen LogP contribution in [0.15, 0.2) is 35.7 Å². The Labute approximate surface area is 137 Å². The van der Waals surface area contributed by atoms with Crippen LogP contribution in [0.4, 0.5) is 10.1 Å². The lowest BCUT2D eigenvalue weighted by atomic mass is 10.2. The van der Waals surface area contributed by atoms with E-state index in [0.717, 1.165) is 19.4 Å². The summed E-state index contributed by atoms with van der Waals surface area (Å²) in [5.74, 6) is -0.594. The summed E-state index contributed by atoms with van der Waals surface area (Å²) in [4.78, 5) is 15.7. The van der Waals surface area contributed by atoms with Crippen LogP contribution in [0.25, 0.3) is 0 Å². The summed E-state index contributed by atoms with van der Waals surface area (Å²) >= 11 is 7.45. The summed E-state index contributed by atoms with van der Waals surface area (Å²) in [6.07, 6.45) is 2.17. The molecule has 0 bridgehead atoms. The lowest BCUT2D eigenvalue weighted by Crippen LogP contribution is -2.32. The van der Waals surface area contributed by atoms with Crippen molar-refractivity contribution in [2.45, 2.75) is 18.9 Å². The van der Waals surface area contributed by atoms with E-state index in [1.54, 1.807) is 11.3 Å². The number of carbonyl (C=O) groups excluding carboxylic acids is 1. The van der Waals surface area contributed by atoms with E-state index < -0.39 is 5.82 Å². The molecule has 1 aliphatic heterocycles. The Morgan fingerprint density at radius 3 is 3.05 bits per heavy atom. The first kappa shape index (κ1) is 15.5. The number of likely N-dealkylation sites (tertiary alicyclic amines) is 1. The standard InChI is InChI=1S/C16H16ClFN2OS/c17-12-9-11(5-6-13(12)18)19-16(21)10-20-7-1-3-14(20)15-4-2-8-22-15/h2,4-6,8-9,14H,1,3,7,10H2,(H,19,21)/t14-/m0/s1. The first-order chi connectivity index (χ1) is 10.6. The zero-order chi connectivity index (χ0) is 15.5. The number of nitrogens with one attached hydrogen (secondary N) is 1. The highest BCUT2D eigenvalue weighted by atomic mass is 35.5. The summed E-state index contributed by atoms with van der Waals surface area (Å²) in [7, 11) is 0. The molecule has 1 atom stereocenters. The van der Waals surface area contributed by atoms with Gasteiger partial charge in [-0.15, -0.1) is 11.3 Å². The van der Waals surface area contributed by atoms with Crippen molar-refractivity contribution in [3.8, 4) is 0 Å². The summed E-state index contributed by atoms with van der Waals surface area (Å²) in [5, 5.41) is 4.85. The predicted octanol–water partition coefficient (Wildman–Crippen LogP) is 4.32. The monoisotopic (exact) mass is 338 g/mol. The SMILES string of the molecule is O=C(CN1CCC[C@H]1c1cccs1)Nc1ccc(F)c(Cl)c1. The molecule has 1 aliphatic rings. The molecule has 3 rings (SSSR count). The van der Waals surface area contributed by atoms with E-state index in [1.165, 1.54) is 23.1 Å². The van der Waals surface area contributed by atoms with Crippen molar-refractivity contribution < 1.29 is 9.18 Å². The molecule has 1 N–H and O–H groups in total. The minimum atomic E-state index is -0.489. The minimum absolute atomic E-state index is 0.00966. The normalized spacial score (nSPS) is 18.5. The van der Waals surface area contributed by atoms with E-state index in [2.05, 4.69) is 21.7 Å². The maximum atomic E-state index is 13.1. The van der Waals surface area contributed by atoms with Crippen LogP contribution in [-0.4, -0.2) is 23.9 Å². The fourth-order valence-electron chi connectivity index (χ4n) is 2.78. The number of thiophene rings is 1. The predicted molar refractivity (Wildman–Crippen MR) is 87.9 cm³/mol. The average Bonchev–Trinajstić information content (AvgIpc) is 3.13. The first-order valence-electron chi connectivity index (χ1n) is 7.16. The highest BCUT2D eigenvalue weighted by Gasteiger charge is 2.28. The topological polar surface area (TPSA) is 32.3 Å². The Morgan fingerprint density at radius 2 is 2.32 bits per heavy atom. The number of hydrogen-bond donors (Lipinski definition) is 1. The van der Waals surface area contributed by atoms with Crippen LogP contribution in [0, 0.1) is 5.82 Å². The zero-order valence-electron chi connectivity index (χ0n) is 11.9. The number of amides is 1. The van der Waals surface area contributed by atoms with Crippen LogP contribution in [0.2, 0.25) is 5.02 Å². The number of halogens is 2. The van der Waals surface area contributed by atoms with Crippen LogP contribution >= 0.6 is 22.9 Å². The van der Waals surface area contributed by atoms with Crippen LogP contribution in [0.1, 0.15) is 23.8 Å². The third kappa shape index (κ3) is 3.48. The smallest absolute Gasteiger partial charge is 0.238 e. The first-order valence-corrected chi connectivity index (χ1v) is 8.41. The molecule has 1 saturated heterocycles. The Kier molecular flexibility index (Phi) is 4.76. The van der Waals surface area contributed by atoms with E-state index in [0.29, 0.717) is 18.3 Å². The maximum Gasteiger partial charge on any atom is 0.238 e. The highest BCUT2D eigenvalue weighted by molar-refractivity contribution is 7.10. The molecule has 1 amide bonds. The van der Waals surface area contributed by atoms with Gasteiger partial charge in [0.25, 0.3) is 0 Å². The second-order valence-electron chi connectivity index (χ2n) is 5.32. The molecular formula is C16H16ClFN2OS. The molecule has 1 aromatic carbocycles. The van der Waals surface area contributed by atoms with E-state index in [9.17, 15) is 9.18 Å². The van der Waals surface area contributed by atoms with Crippen molar-refractivity contribution in [2.75, 3.05) is 18.4 Å². The Hall–Kier alpha value is -1.43. The Balaban J connectivity index is 1.62. The van der Waals surface area contributed by atoms with Gasteiger partial charge in [-0.3, -0.25) is 9.69 Å². The lowest BCUT2D eigenvalue weighted by Gasteiger charge is -2.22. The number of benzene rings is 1. The van der Waals surface area contributed by atoms with Crippen LogP contribution in [0.5, 0.6) is 0 Å². The third-order valence-corrected chi connectivity index (χ3v) is 5.05. The van der Waals surface area contributed by atoms with Gasteiger partial charge in [-0.1, -0.05) is 17.7 Å². The van der Waals surface area contributed by atoms with Crippen molar-refractivity contribution >= 4 is 34.5 Å². The van der Waals surface area contributed by atoms with E-state index in [4.69, 9.17) is 11.6 Å². The van der Waals surface area contributed by atoms with Gasteiger partial charge in [0.15, 0.2) is 0 Å². The molecule has 0 saturated carbocycles. The van der Waals surface area contributed by atoms with Gasteiger partial charge >= 0.3 is 0 Å². The summed E-state index contributed by atoms with van der Waals surface area (Å²) in [6.45, 7) is 1.25. The Morgan fingerprint density at radius 1 is 1.45 bits per heavy atom. The largest absolute Gasteiger partial charge is 0.325 e. The number of hydrogen-bond acceptors (Lipinski definition) is 3. The molecule has 1 fully saturated rings. The molecule has 22 heavy (non-hydrogen) atoms. The van der Waals surface area contributed by atoms with Gasteiger partial charge in [0.1, 0.15) is 5.82 Å². The molecule has 2 aromatic rings. The van der Waals surface area contributed by atoms with E-state index in [1.807, 2.05) is 6.07 Å². The quantitative estimate of drug-likeness (QED) is 0.900. The van der Waals surface area contributed by atoms with E-state index >= 15 is 0 Å². The number of anilines is 1. The Bertz CT molecular complexity index is 662. The number of nitrogens with zero attached hydrogens (tertiary/aromatic N) is 1. The van der Waals surface area contributed by atoms with E-state index in [-0.39, 0.29) is 10.9 Å². The van der Waals surface area contributed by atoms with Gasteiger partial charge in [0, 0.05) is 16.6 Å². The zero-order valence-corrected chi connectivity index (χ0v) is 13.5. The number of carbonyl (C=O) groups is 1. The molecule has 6 heteroatoms. The van der Waals surface area contributed by atoms with Crippen LogP contribution in [0.3, 0.4) is 0 Å². The summed E-state index contributed by atoms with van der Waals surface area (Å²) in [6, 6.07) is 8.67. The van der Waals surface area contributed by atoms with Gasteiger partial charge in [0.05, 0.1) is 11.6 Å². The van der Waals surface area contributed by atoms with Gasteiger partial charge in [-0.2, -0.15) is 0 Å². The van der Waals surface area contributed by atoms with Gasteiger partial charge in [-0.05, 0) is 49.0 Å². The number of rotatable bonds is 4. The van der Waals surface area contributed by atoms with Gasteiger partial charge in [0.2, 0.25) is 5.91 Å². The second-order valence-corrected chi connectivity index (χ2v) is 6.71. The molecular weight excluding hydrogens is 323 g/mol. The fourth-order valence-corrected chi connectivity index (χ4v) is 3.85. The molecule has 0 spiro atoms. The van der Waals surface area contributed by atoms with Crippen LogP contribution in [-0.2, 0) is 4.79 Å². The molecule has 3 nitrogen and oxygen atoms in total. The summed E-state index contributed by atoms with van der Waals surface area (Å²) in [5.41, 5.74) is 0.517. The fraction of sp³-hybridized carbons (Fsp3) is 0.312. The molecule has 1 aromatic heterocycles. The molecule has 116 valence electrons. The van der Waals surface area contributed by atoms with Crippen molar-refractivity contribution in [1.29, 1.82) is 0 Å². The average molecular weight is 339 g/mol. The van der Waals surface area contributed by atoms with Crippen molar-refractivity contribution in [1.82, 2.24) is 4.90 Å². The maximum absolute atomic E-state index is 13.1. The molecule has 0 radical (unpaired) electrons. The third-order valence-electron chi connectivity index (χ3n) is 3.79. The lowest BCUT2D eigenvalue weighted by molar-refractivity contribution is -0.117.